The molecule has 8 heteroatoms. The smallest absolute Gasteiger partial charge is 0.264 e. The summed E-state index contributed by atoms with van der Waals surface area (Å²) < 4.78 is 39.0. The van der Waals surface area contributed by atoms with E-state index in [4.69, 9.17) is 9.47 Å². The molecule has 1 unspecified atom stereocenters. The highest BCUT2D eigenvalue weighted by molar-refractivity contribution is 7.92. The second-order valence-corrected chi connectivity index (χ2v) is 10.4. The lowest BCUT2D eigenvalue weighted by Crippen LogP contribution is -2.42. The highest BCUT2D eigenvalue weighted by Crippen LogP contribution is 2.32. The minimum atomic E-state index is -4.04. The lowest BCUT2D eigenvalue weighted by atomic mass is 9.97. The van der Waals surface area contributed by atoms with Crippen molar-refractivity contribution in [2.24, 2.45) is 5.92 Å². The predicted octanol–water partition coefficient (Wildman–Crippen LogP) is 4.80. The first kappa shape index (κ1) is 26.1. The number of methoxy groups -OCH3 is 2. The van der Waals surface area contributed by atoms with Gasteiger partial charge >= 0.3 is 0 Å². The molecule has 3 rings (SSSR count). The molecule has 1 atom stereocenters. The zero-order chi connectivity index (χ0) is 25.4. The summed E-state index contributed by atoms with van der Waals surface area (Å²) in [6.07, 6.45) is 0.693. The standard InChI is InChI=1S/C27H32N2O5S/c1-20(2)18-24(21-14-16-22(33-3)17-15-21)28-27(30)19-29(25-12-8-9-13-26(25)34-4)35(31,32)23-10-6-5-7-11-23/h5-17,20,24H,18-19H2,1-4H3,(H,28,30). The highest BCUT2D eigenvalue weighted by Gasteiger charge is 2.30. The monoisotopic (exact) mass is 496 g/mol. The van der Waals surface area contributed by atoms with Crippen molar-refractivity contribution in [3.63, 3.8) is 0 Å². The van der Waals surface area contributed by atoms with Crippen LogP contribution < -0.4 is 19.1 Å². The molecule has 0 fully saturated rings. The molecule has 35 heavy (non-hydrogen) atoms. The first-order chi connectivity index (χ1) is 16.8. The Labute approximate surface area is 207 Å². The summed E-state index contributed by atoms with van der Waals surface area (Å²) in [4.78, 5) is 13.4. The number of sulfonamides is 1. The highest BCUT2D eigenvalue weighted by atomic mass is 32.2. The number of para-hydroxylation sites is 2. The van der Waals surface area contributed by atoms with Gasteiger partial charge in [-0.05, 0) is 54.3 Å². The van der Waals surface area contributed by atoms with Crippen molar-refractivity contribution in [3.8, 4) is 11.5 Å². The van der Waals surface area contributed by atoms with Crippen molar-refractivity contribution >= 4 is 21.6 Å². The van der Waals surface area contributed by atoms with Crippen LogP contribution in [-0.2, 0) is 14.8 Å². The van der Waals surface area contributed by atoms with Gasteiger partial charge in [0.1, 0.15) is 18.0 Å². The molecule has 0 saturated carbocycles. The zero-order valence-corrected chi connectivity index (χ0v) is 21.3. The minimum absolute atomic E-state index is 0.0904. The second-order valence-electron chi connectivity index (χ2n) is 8.52. The molecule has 0 aromatic heterocycles. The Balaban J connectivity index is 1.94. The Bertz CT molecular complexity index is 1210. The van der Waals surface area contributed by atoms with Gasteiger partial charge in [-0.15, -0.1) is 0 Å². The molecule has 0 bridgehead atoms. The molecule has 3 aromatic rings. The van der Waals surface area contributed by atoms with Gasteiger partial charge < -0.3 is 14.8 Å². The summed E-state index contributed by atoms with van der Waals surface area (Å²) in [6, 6.07) is 22.0. The van der Waals surface area contributed by atoms with E-state index in [2.05, 4.69) is 19.2 Å². The number of carbonyl (C=O) groups is 1. The molecule has 186 valence electrons. The van der Waals surface area contributed by atoms with Crippen LogP contribution in [0.4, 0.5) is 5.69 Å². The first-order valence-corrected chi connectivity index (χ1v) is 12.8. The molecule has 0 saturated heterocycles. The van der Waals surface area contributed by atoms with E-state index in [0.29, 0.717) is 23.8 Å². The number of nitrogens with zero attached hydrogens (tertiary/aromatic N) is 1. The van der Waals surface area contributed by atoms with E-state index in [0.717, 1.165) is 15.6 Å². The topological polar surface area (TPSA) is 84.9 Å². The maximum Gasteiger partial charge on any atom is 0.264 e. The number of hydrogen-bond acceptors (Lipinski definition) is 5. The molecule has 3 aromatic carbocycles. The molecule has 0 aliphatic heterocycles. The Kier molecular flexibility index (Phi) is 8.76. The number of nitrogens with one attached hydrogen (secondary N) is 1. The van der Waals surface area contributed by atoms with E-state index >= 15 is 0 Å². The zero-order valence-electron chi connectivity index (χ0n) is 20.5. The van der Waals surface area contributed by atoms with Gasteiger partial charge in [0.25, 0.3) is 10.0 Å². The summed E-state index contributed by atoms with van der Waals surface area (Å²) in [7, 11) is -0.972. The van der Waals surface area contributed by atoms with Crippen LogP contribution in [-0.4, -0.2) is 35.1 Å². The van der Waals surface area contributed by atoms with E-state index < -0.39 is 22.5 Å². The molecule has 1 amide bonds. The van der Waals surface area contributed by atoms with E-state index in [1.165, 1.54) is 19.2 Å². The largest absolute Gasteiger partial charge is 0.497 e. The van der Waals surface area contributed by atoms with E-state index in [-0.39, 0.29) is 10.9 Å². The maximum atomic E-state index is 13.6. The van der Waals surface area contributed by atoms with Crippen LogP contribution in [0.2, 0.25) is 0 Å². The third-order valence-electron chi connectivity index (χ3n) is 5.53. The maximum absolute atomic E-state index is 13.6. The van der Waals surface area contributed by atoms with Gasteiger partial charge in [-0.3, -0.25) is 9.10 Å². The Morgan fingerprint density at radius 2 is 1.51 bits per heavy atom. The van der Waals surface area contributed by atoms with Gasteiger partial charge in [-0.1, -0.05) is 56.3 Å². The number of carbonyl (C=O) groups excluding carboxylic acids is 1. The van der Waals surface area contributed by atoms with Crippen LogP contribution in [0.25, 0.3) is 0 Å². The van der Waals surface area contributed by atoms with Crippen molar-refractivity contribution in [1.82, 2.24) is 5.32 Å². The molecule has 0 heterocycles. The van der Waals surface area contributed by atoms with E-state index in [1.54, 1.807) is 49.6 Å². The quantitative estimate of drug-likeness (QED) is 0.412. The van der Waals surface area contributed by atoms with Crippen molar-refractivity contribution < 1.29 is 22.7 Å². The van der Waals surface area contributed by atoms with Crippen molar-refractivity contribution in [3.05, 3.63) is 84.4 Å². The Morgan fingerprint density at radius 1 is 0.886 bits per heavy atom. The van der Waals surface area contributed by atoms with Crippen molar-refractivity contribution in [1.29, 1.82) is 0 Å². The number of anilines is 1. The molecular weight excluding hydrogens is 464 g/mol. The summed E-state index contributed by atoms with van der Waals surface area (Å²) in [6.45, 7) is 3.75. The molecule has 0 aliphatic rings. The molecule has 7 nitrogen and oxygen atoms in total. The number of ether oxygens (including phenoxy) is 2. The van der Waals surface area contributed by atoms with Crippen molar-refractivity contribution in [2.45, 2.75) is 31.2 Å². The van der Waals surface area contributed by atoms with Gasteiger partial charge in [0.2, 0.25) is 5.91 Å². The van der Waals surface area contributed by atoms with Gasteiger partial charge in [0.15, 0.2) is 0 Å². The van der Waals surface area contributed by atoms with Crippen LogP contribution in [0.3, 0.4) is 0 Å². The molecule has 1 N–H and O–H groups in total. The third kappa shape index (κ3) is 6.54. The van der Waals surface area contributed by atoms with E-state index in [1.807, 2.05) is 24.3 Å². The molecular formula is C27H32N2O5S. The number of rotatable bonds is 11. The number of hydrogen-bond donors (Lipinski definition) is 1. The summed E-state index contributed by atoms with van der Waals surface area (Å²) >= 11 is 0. The average Bonchev–Trinajstić information content (AvgIpc) is 2.87. The van der Waals surface area contributed by atoms with Crippen molar-refractivity contribution in [2.75, 3.05) is 25.1 Å². The molecule has 0 spiro atoms. The first-order valence-electron chi connectivity index (χ1n) is 11.4. The van der Waals surface area contributed by atoms with E-state index in [9.17, 15) is 13.2 Å². The lowest BCUT2D eigenvalue weighted by molar-refractivity contribution is -0.120. The number of amides is 1. The van der Waals surface area contributed by atoms with Gasteiger partial charge in [-0.2, -0.15) is 0 Å². The van der Waals surface area contributed by atoms with Crippen LogP contribution >= 0.6 is 0 Å². The fourth-order valence-corrected chi connectivity index (χ4v) is 5.26. The van der Waals surface area contributed by atoms with Crippen LogP contribution in [0.15, 0.2) is 83.8 Å². The summed E-state index contributed by atoms with van der Waals surface area (Å²) in [5, 5.41) is 3.04. The predicted molar refractivity (Wildman–Crippen MR) is 137 cm³/mol. The normalized spacial score (nSPS) is 12.1. The SMILES string of the molecule is COc1ccc(C(CC(C)C)NC(=O)CN(c2ccccc2OC)S(=O)(=O)c2ccccc2)cc1. The average molecular weight is 497 g/mol. The Hall–Kier alpha value is -3.52. The van der Waals surface area contributed by atoms with Gasteiger partial charge in [0, 0.05) is 0 Å². The van der Waals surface area contributed by atoms with Crippen LogP contribution in [0.5, 0.6) is 11.5 Å². The van der Waals surface area contributed by atoms with Gasteiger partial charge in [-0.25, -0.2) is 8.42 Å². The molecule has 0 aliphatic carbocycles. The minimum Gasteiger partial charge on any atom is -0.497 e. The summed E-state index contributed by atoms with van der Waals surface area (Å²) in [5.74, 6) is 0.964. The lowest BCUT2D eigenvalue weighted by Gasteiger charge is -2.27. The summed E-state index contributed by atoms with van der Waals surface area (Å²) in [5.41, 5.74) is 1.21. The third-order valence-corrected chi connectivity index (χ3v) is 7.31. The second kappa shape index (κ2) is 11.8. The molecule has 0 radical (unpaired) electrons. The van der Waals surface area contributed by atoms with Crippen LogP contribution in [0.1, 0.15) is 31.9 Å². The van der Waals surface area contributed by atoms with Crippen LogP contribution in [0, 0.1) is 5.92 Å². The Morgan fingerprint density at radius 3 is 2.11 bits per heavy atom. The van der Waals surface area contributed by atoms with Gasteiger partial charge in [0.05, 0.1) is 30.8 Å². The fraction of sp³-hybridized carbons (Fsp3) is 0.296. The number of benzene rings is 3. The fourth-order valence-electron chi connectivity index (χ4n) is 3.81.